The SMILES string of the molecule is Cc1ccc(/C=N/N(C(=O)c2ccc3c(c2)CCCC3)c2nc3ccc(Br)cc3s2)cc1. The van der Waals surface area contributed by atoms with E-state index in [0.29, 0.717) is 10.7 Å². The van der Waals surface area contributed by atoms with E-state index in [9.17, 15) is 4.79 Å². The van der Waals surface area contributed by atoms with Crippen LogP contribution < -0.4 is 5.01 Å². The van der Waals surface area contributed by atoms with Crippen LogP contribution in [0.3, 0.4) is 0 Å². The zero-order valence-corrected chi connectivity index (χ0v) is 20.1. The van der Waals surface area contributed by atoms with Crippen molar-refractivity contribution in [2.75, 3.05) is 5.01 Å². The quantitative estimate of drug-likeness (QED) is 0.224. The molecule has 0 aliphatic heterocycles. The van der Waals surface area contributed by atoms with E-state index in [1.54, 1.807) is 6.21 Å². The van der Waals surface area contributed by atoms with Gasteiger partial charge >= 0.3 is 0 Å². The smallest absolute Gasteiger partial charge is 0.267 e. The van der Waals surface area contributed by atoms with E-state index >= 15 is 0 Å². The summed E-state index contributed by atoms with van der Waals surface area (Å²) in [6.07, 6.45) is 6.23. The fourth-order valence-electron chi connectivity index (χ4n) is 3.93. The lowest BCUT2D eigenvalue weighted by atomic mass is 9.90. The van der Waals surface area contributed by atoms with Crippen molar-refractivity contribution in [1.29, 1.82) is 0 Å². The first-order chi connectivity index (χ1) is 15.6. The third-order valence-electron chi connectivity index (χ3n) is 5.71. The van der Waals surface area contributed by atoms with Crippen LogP contribution in [0.2, 0.25) is 0 Å². The number of hydrogen-bond donors (Lipinski definition) is 0. The minimum Gasteiger partial charge on any atom is -0.267 e. The minimum atomic E-state index is -0.167. The third-order valence-corrected chi connectivity index (χ3v) is 7.19. The Hall–Kier alpha value is -2.83. The molecule has 1 heterocycles. The van der Waals surface area contributed by atoms with Gasteiger partial charge in [-0.05, 0) is 79.6 Å². The van der Waals surface area contributed by atoms with E-state index in [-0.39, 0.29) is 5.91 Å². The van der Waals surface area contributed by atoms with Crippen LogP contribution in [0.15, 0.2) is 70.2 Å². The highest BCUT2D eigenvalue weighted by atomic mass is 79.9. The van der Waals surface area contributed by atoms with Crippen molar-refractivity contribution >= 4 is 54.7 Å². The second-order valence-corrected chi connectivity index (χ2v) is 10.00. The second-order valence-electron chi connectivity index (χ2n) is 8.07. The minimum absolute atomic E-state index is 0.167. The molecule has 0 bridgehead atoms. The van der Waals surface area contributed by atoms with Gasteiger partial charge in [-0.15, -0.1) is 0 Å². The van der Waals surface area contributed by atoms with Gasteiger partial charge < -0.3 is 0 Å². The average molecular weight is 504 g/mol. The molecule has 160 valence electrons. The molecule has 0 fully saturated rings. The Labute approximate surface area is 199 Å². The summed E-state index contributed by atoms with van der Waals surface area (Å²) in [4.78, 5) is 18.3. The molecule has 3 aromatic carbocycles. The third kappa shape index (κ3) is 4.38. The number of hydrogen-bond acceptors (Lipinski definition) is 4. The molecule has 1 amide bonds. The number of aromatic nitrogens is 1. The van der Waals surface area contributed by atoms with E-state index in [1.807, 2.05) is 61.5 Å². The molecule has 1 aromatic heterocycles. The van der Waals surface area contributed by atoms with Gasteiger partial charge in [-0.25, -0.2) is 4.98 Å². The molecule has 0 spiro atoms. The lowest BCUT2D eigenvalue weighted by Gasteiger charge is -2.18. The molecule has 0 saturated carbocycles. The fraction of sp³-hybridized carbons (Fsp3) is 0.192. The number of anilines is 1. The first-order valence-corrected chi connectivity index (χ1v) is 12.3. The molecular formula is C26H22BrN3OS. The van der Waals surface area contributed by atoms with Gasteiger partial charge in [-0.3, -0.25) is 4.79 Å². The van der Waals surface area contributed by atoms with E-state index in [1.165, 1.54) is 45.9 Å². The highest BCUT2D eigenvalue weighted by Crippen LogP contribution is 2.32. The summed E-state index contributed by atoms with van der Waals surface area (Å²) in [6, 6.07) is 20.0. The molecule has 4 aromatic rings. The van der Waals surface area contributed by atoms with Gasteiger partial charge in [0, 0.05) is 10.0 Å². The standard InChI is InChI=1S/C26H22BrN3OS/c1-17-6-8-18(9-7-17)16-28-30(26-29-23-13-12-22(27)15-24(23)32-26)25(31)21-11-10-19-4-2-3-5-20(19)14-21/h6-16H,2-5H2,1H3/b28-16+. The molecule has 32 heavy (non-hydrogen) atoms. The zero-order chi connectivity index (χ0) is 22.1. The summed E-state index contributed by atoms with van der Waals surface area (Å²) < 4.78 is 1.99. The fourth-order valence-corrected chi connectivity index (χ4v) is 5.41. The van der Waals surface area contributed by atoms with Crippen molar-refractivity contribution in [3.05, 3.63) is 93.0 Å². The Morgan fingerprint density at radius 1 is 1.03 bits per heavy atom. The lowest BCUT2D eigenvalue weighted by molar-refractivity contribution is 0.0987. The normalized spacial score (nSPS) is 13.4. The molecule has 4 nitrogen and oxygen atoms in total. The number of hydrazone groups is 1. The number of benzene rings is 3. The summed E-state index contributed by atoms with van der Waals surface area (Å²) in [5.41, 5.74) is 6.24. The second kappa shape index (κ2) is 8.96. The van der Waals surface area contributed by atoms with Crippen molar-refractivity contribution in [2.45, 2.75) is 32.6 Å². The maximum absolute atomic E-state index is 13.6. The first kappa shape index (κ1) is 21.0. The summed E-state index contributed by atoms with van der Waals surface area (Å²) in [6.45, 7) is 2.05. The highest BCUT2D eigenvalue weighted by Gasteiger charge is 2.22. The van der Waals surface area contributed by atoms with Crippen LogP contribution in [0, 0.1) is 6.92 Å². The van der Waals surface area contributed by atoms with Crippen LogP contribution in [0.4, 0.5) is 5.13 Å². The van der Waals surface area contributed by atoms with E-state index in [4.69, 9.17) is 4.98 Å². The number of thiazole rings is 1. The predicted molar refractivity (Wildman–Crippen MR) is 136 cm³/mol. The van der Waals surface area contributed by atoms with E-state index in [0.717, 1.165) is 33.1 Å². The summed E-state index contributed by atoms with van der Waals surface area (Å²) in [5, 5.41) is 6.59. The predicted octanol–water partition coefficient (Wildman–Crippen LogP) is 6.93. The molecule has 0 radical (unpaired) electrons. The van der Waals surface area contributed by atoms with Crippen molar-refractivity contribution < 1.29 is 4.79 Å². The number of fused-ring (bicyclic) bond motifs is 2. The van der Waals surface area contributed by atoms with Crippen molar-refractivity contribution in [1.82, 2.24) is 4.98 Å². The number of nitrogens with zero attached hydrogens (tertiary/aromatic N) is 3. The number of carbonyl (C=O) groups is 1. The largest absolute Gasteiger partial charge is 0.280 e. The number of carbonyl (C=O) groups excluding carboxylic acids is 1. The maximum atomic E-state index is 13.6. The number of rotatable bonds is 4. The molecule has 1 aliphatic carbocycles. The van der Waals surface area contributed by atoms with Crippen LogP contribution in [-0.2, 0) is 12.8 Å². The van der Waals surface area contributed by atoms with Crippen LogP contribution in [-0.4, -0.2) is 17.1 Å². The van der Waals surface area contributed by atoms with Crippen molar-refractivity contribution in [2.24, 2.45) is 5.10 Å². The van der Waals surface area contributed by atoms with E-state index < -0.39 is 0 Å². The molecule has 5 rings (SSSR count). The summed E-state index contributed by atoms with van der Waals surface area (Å²) in [7, 11) is 0. The van der Waals surface area contributed by atoms with E-state index in [2.05, 4.69) is 27.1 Å². The topological polar surface area (TPSA) is 45.6 Å². The highest BCUT2D eigenvalue weighted by molar-refractivity contribution is 9.10. The number of halogens is 1. The van der Waals surface area contributed by atoms with Gasteiger partial charge in [0.2, 0.25) is 5.13 Å². The average Bonchev–Trinajstić information content (AvgIpc) is 3.22. The van der Waals surface area contributed by atoms with Crippen LogP contribution in [0.1, 0.15) is 45.5 Å². The van der Waals surface area contributed by atoms with Gasteiger partial charge in [0.15, 0.2) is 0 Å². The Bertz CT molecular complexity index is 1330. The maximum Gasteiger partial charge on any atom is 0.280 e. The first-order valence-electron chi connectivity index (χ1n) is 10.7. The van der Waals surface area contributed by atoms with Crippen molar-refractivity contribution in [3.8, 4) is 0 Å². The number of amides is 1. The summed E-state index contributed by atoms with van der Waals surface area (Å²) >= 11 is 4.97. The summed E-state index contributed by atoms with van der Waals surface area (Å²) in [5.74, 6) is -0.167. The zero-order valence-electron chi connectivity index (χ0n) is 17.7. The van der Waals surface area contributed by atoms with Crippen molar-refractivity contribution in [3.63, 3.8) is 0 Å². The van der Waals surface area contributed by atoms with Gasteiger partial charge in [0.1, 0.15) is 0 Å². The van der Waals surface area contributed by atoms with Gasteiger partial charge in [0.05, 0.1) is 16.4 Å². The Morgan fingerprint density at radius 2 is 1.81 bits per heavy atom. The monoisotopic (exact) mass is 503 g/mol. The lowest BCUT2D eigenvalue weighted by Crippen LogP contribution is -2.26. The van der Waals surface area contributed by atoms with Gasteiger partial charge in [-0.2, -0.15) is 10.1 Å². The molecule has 0 saturated heterocycles. The Balaban J connectivity index is 1.54. The van der Waals surface area contributed by atoms with Crippen LogP contribution in [0.5, 0.6) is 0 Å². The molecule has 6 heteroatoms. The van der Waals surface area contributed by atoms with Gasteiger partial charge in [-0.1, -0.05) is 63.2 Å². The number of aryl methyl sites for hydroxylation is 3. The molecule has 0 atom stereocenters. The molecule has 0 N–H and O–H groups in total. The van der Waals surface area contributed by atoms with Gasteiger partial charge in [0.25, 0.3) is 5.91 Å². The van der Waals surface area contributed by atoms with Crippen LogP contribution >= 0.6 is 27.3 Å². The molecular weight excluding hydrogens is 482 g/mol. The van der Waals surface area contributed by atoms with Crippen LogP contribution in [0.25, 0.3) is 10.2 Å². The molecule has 1 aliphatic rings. The Morgan fingerprint density at radius 3 is 2.62 bits per heavy atom. The molecule has 0 unspecified atom stereocenters. The Kier molecular flexibility index (Phi) is 5.89.